The Kier molecular flexibility index (Phi) is 4.60. The Hall–Kier alpha value is -0.160. The summed E-state index contributed by atoms with van der Waals surface area (Å²) in [6.07, 6.45) is -0.946. The highest BCUT2D eigenvalue weighted by Crippen LogP contribution is 2.15. The molecule has 0 amide bonds. The zero-order valence-corrected chi connectivity index (χ0v) is 6.95. The van der Waals surface area contributed by atoms with Crippen molar-refractivity contribution in [1.82, 2.24) is 0 Å². The molecular formula is C7H16O4. The van der Waals surface area contributed by atoms with E-state index >= 15 is 0 Å². The van der Waals surface area contributed by atoms with Gasteiger partial charge < -0.3 is 20.1 Å². The second kappa shape index (κ2) is 4.66. The molecule has 0 aromatic rings. The molecule has 4 heteroatoms. The van der Waals surface area contributed by atoms with E-state index in [1.54, 1.807) is 6.92 Å². The number of aliphatic hydroxyl groups is 3. The van der Waals surface area contributed by atoms with Gasteiger partial charge in [-0.15, -0.1) is 0 Å². The van der Waals surface area contributed by atoms with Gasteiger partial charge in [-0.1, -0.05) is 13.8 Å². The van der Waals surface area contributed by atoms with Gasteiger partial charge in [0, 0.05) is 13.0 Å². The summed E-state index contributed by atoms with van der Waals surface area (Å²) in [5, 5.41) is 26.7. The van der Waals surface area contributed by atoms with Gasteiger partial charge in [0.2, 0.25) is 12.1 Å². The van der Waals surface area contributed by atoms with Gasteiger partial charge in [-0.05, 0) is 6.42 Å². The van der Waals surface area contributed by atoms with Crippen LogP contribution in [0.4, 0.5) is 0 Å². The fourth-order valence-corrected chi connectivity index (χ4v) is 0.638. The lowest BCUT2D eigenvalue weighted by Crippen LogP contribution is -2.44. The molecule has 0 aliphatic carbocycles. The van der Waals surface area contributed by atoms with Gasteiger partial charge in [-0.2, -0.15) is 0 Å². The van der Waals surface area contributed by atoms with E-state index < -0.39 is 12.1 Å². The summed E-state index contributed by atoms with van der Waals surface area (Å²) in [6, 6.07) is 0. The third-order valence-electron chi connectivity index (χ3n) is 1.47. The van der Waals surface area contributed by atoms with Gasteiger partial charge in [0.15, 0.2) is 0 Å². The monoisotopic (exact) mass is 164 g/mol. The molecule has 0 radical (unpaired) electrons. The summed E-state index contributed by atoms with van der Waals surface area (Å²) in [5.74, 6) is -1.80. The van der Waals surface area contributed by atoms with Crippen molar-refractivity contribution < 1.29 is 20.1 Å². The summed E-state index contributed by atoms with van der Waals surface area (Å²) in [7, 11) is 0. The third-order valence-corrected chi connectivity index (χ3v) is 1.47. The van der Waals surface area contributed by atoms with Crippen molar-refractivity contribution in [3.05, 3.63) is 0 Å². The molecule has 68 valence electrons. The van der Waals surface area contributed by atoms with E-state index in [0.717, 1.165) is 6.42 Å². The molecule has 0 aliphatic rings. The minimum atomic E-state index is -1.83. The molecule has 0 aromatic carbocycles. The van der Waals surface area contributed by atoms with Crippen molar-refractivity contribution >= 4 is 0 Å². The summed E-state index contributed by atoms with van der Waals surface area (Å²) < 4.78 is 4.84. The van der Waals surface area contributed by atoms with Crippen LogP contribution in [0.25, 0.3) is 0 Å². The van der Waals surface area contributed by atoms with Crippen molar-refractivity contribution in [1.29, 1.82) is 0 Å². The van der Waals surface area contributed by atoms with E-state index in [1.807, 2.05) is 6.92 Å². The Labute approximate surface area is 66.4 Å². The van der Waals surface area contributed by atoms with Crippen molar-refractivity contribution in [2.45, 2.75) is 38.8 Å². The molecule has 0 saturated heterocycles. The third kappa shape index (κ3) is 3.16. The number of ether oxygens (including phenoxy) is 1. The van der Waals surface area contributed by atoms with Crippen LogP contribution in [0.3, 0.4) is 0 Å². The summed E-state index contributed by atoms with van der Waals surface area (Å²) in [5.41, 5.74) is 0. The number of aliphatic hydroxyl groups excluding tert-OH is 1. The SMILES string of the molecule is CCCOC(O)(CC)C(O)O. The minimum Gasteiger partial charge on any atom is -0.364 e. The van der Waals surface area contributed by atoms with Crippen molar-refractivity contribution in [2.75, 3.05) is 6.61 Å². The fourth-order valence-electron chi connectivity index (χ4n) is 0.638. The van der Waals surface area contributed by atoms with Crippen molar-refractivity contribution in [3.63, 3.8) is 0 Å². The molecule has 0 spiro atoms. The van der Waals surface area contributed by atoms with Crippen LogP contribution in [-0.4, -0.2) is 34.0 Å². The largest absolute Gasteiger partial charge is 0.364 e. The Morgan fingerprint density at radius 3 is 2.18 bits per heavy atom. The first kappa shape index (κ1) is 10.8. The van der Waals surface area contributed by atoms with Gasteiger partial charge in [-0.3, -0.25) is 0 Å². The fraction of sp³-hybridized carbons (Fsp3) is 1.00. The molecule has 0 saturated carbocycles. The van der Waals surface area contributed by atoms with E-state index in [9.17, 15) is 5.11 Å². The van der Waals surface area contributed by atoms with Crippen LogP contribution in [-0.2, 0) is 4.74 Å². The predicted molar refractivity (Wildman–Crippen MR) is 39.7 cm³/mol. The van der Waals surface area contributed by atoms with Gasteiger partial charge in [0.25, 0.3) is 0 Å². The molecule has 0 aliphatic heterocycles. The lowest BCUT2D eigenvalue weighted by Gasteiger charge is -2.28. The van der Waals surface area contributed by atoms with Crippen LogP contribution >= 0.6 is 0 Å². The Morgan fingerprint density at radius 1 is 1.36 bits per heavy atom. The number of hydrogen-bond acceptors (Lipinski definition) is 4. The second-order valence-corrected chi connectivity index (χ2v) is 2.42. The average Bonchev–Trinajstić information content (AvgIpc) is 2.00. The molecule has 3 N–H and O–H groups in total. The second-order valence-electron chi connectivity index (χ2n) is 2.42. The summed E-state index contributed by atoms with van der Waals surface area (Å²) in [4.78, 5) is 0. The van der Waals surface area contributed by atoms with Gasteiger partial charge in [0.05, 0.1) is 0 Å². The maximum absolute atomic E-state index is 9.31. The van der Waals surface area contributed by atoms with Crippen LogP contribution in [0.5, 0.6) is 0 Å². The molecule has 1 atom stereocenters. The molecule has 4 nitrogen and oxygen atoms in total. The number of hydrogen-bond donors (Lipinski definition) is 3. The predicted octanol–water partition coefficient (Wildman–Crippen LogP) is -0.178. The first-order chi connectivity index (χ1) is 5.06. The van der Waals surface area contributed by atoms with Crippen LogP contribution in [0.15, 0.2) is 0 Å². The highest BCUT2D eigenvalue weighted by molar-refractivity contribution is 4.66. The van der Waals surface area contributed by atoms with Crippen molar-refractivity contribution in [3.8, 4) is 0 Å². The zero-order valence-electron chi connectivity index (χ0n) is 6.95. The van der Waals surface area contributed by atoms with Crippen LogP contribution in [0.2, 0.25) is 0 Å². The summed E-state index contributed by atoms with van der Waals surface area (Å²) >= 11 is 0. The molecule has 0 fully saturated rings. The molecule has 11 heavy (non-hydrogen) atoms. The van der Waals surface area contributed by atoms with E-state index in [2.05, 4.69) is 0 Å². The summed E-state index contributed by atoms with van der Waals surface area (Å²) in [6.45, 7) is 3.82. The quantitative estimate of drug-likeness (QED) is 0.493. The van der Waals surface area contributed by atoms with Gasteiger partial charge >= 0.3 is 0 Å². The number of rotatable bonds is 5. The standard InChI is InChI=1S/C7H16O4/c1-3-5-11-7(10,4-2)6(8)9/h6,8-10H,3-5H2,1-2H3. The molecule has 0 aromatic heterocycles. The Bertz CT molecular complexity index is 105. The van der Waals surface area contributed by atoms with Crippen molar-refractivity contribution in [2.24, 2.45) is 0 Å². The lowest BCUT2D eigenvalue weighted by atomic mass is 10.2. The van der Waals surface area contributed by atoms with Crippen LogP contribution in [0, 0.1) is 0 Å². The maximum atomic E-state index is 9.31. The first-order valence-corrected chi connectivity index (χ1v) is 3.79. The van der Waals surface area contributed by atoms with Gasteiger partial charge in [-0.25, -0.2) is 0 Å². The molecular weight excluding hydrogens is 148 g/mol. The normalized spacial score (nSPS) is 16.9. The topological polar surface area (TPSA) is 69.9 Å². The lowest BCUT2D eigenvalue weighted by molar-refractivity contribution is -0.312. The molecule has 1 unspecified atom stereocenters. The van der Waals surface area contributed by atoms with E-state index in [-0.39, 0.29) is 6.42 Å². The van der Waals surface area contributed by atoms with E-state index in [4.69, 9.17) is 14.9 Å². The Balaban J connectivity index is 3.88. The zero-order chi connectivity index (χ0) is 8.91. The van der Waals surface area contributed by atoms with Crippen LogP contribution < -0.4 is 0 Å². The molecule has 0 rings (SSSR count). The minimum absolute atomic E-state index is 0.157. The molecule has 0 bridgehead atoms. The highest BCUT2D eigenvalue weighted by atomic mass is 16.7. The van der Waals surface area contributed by atoms with E-state index in [1.165, 1.54) is 0 Å². The smallest absolute Gasteiger partial charge is 0.217 e. The first-order valence-electron chi connectivity index (χ1n) is 3.79. The average molecular weight is 164 g/mol. The van der Waals surface area contributed by atoms with Crippen LogP contribution in [0.1, 0.15) is 26.7 Å². The maximum Gasteiger partial charge on any atom is 0.217 e. The molecule has 0 heterocycles. The Morgan fingerprint density at radius 2 is 1.91 bits per heavy atom. The van der Waals surface area contributed by atoms with Gasteiger partial charge in [0.1, 0.15) is 0 Å². The van der Waals surface area contributed by atoms with E-state index in [0.29, 0.717) is 6.61 Å². The highest BCUT2D eigenvalue weighted by Gasteiger charge is 2.33.